The van der Waals surface area contributed by atoms with Gasteiger partial charge in [-0.2, -0.15) is 4.31 Å². The second kappa shape index (κ2) is 10.1. The summed E-state index contributed by atoms with van der Waals surface area (Å²) in [7, 11) is -2.40. The van der Waals surface area contributed by atoms with E-state index in [-0.39, 0.29) is 36.2 Å². The molecule has 1 fully saturated rings. The molecule has 2 aliphatic heterocycles. The van der Waals surface area contributed by atoms with Gasteiger partial charge in [0, 0.05) is 30.0 Å². The van der Waals surface area contributed by atoms with Crippen molar-refractivity contribution >= 4 is 33.2 Å². The zero-order valence-electron chi connectivity index (χ0n) is 18.2. The lowest BCUT2D eigenvalue weighted by Gasteiger charge is -2.31. The highest BCUT2D eigenvalue weighted by molar-refractivity contribution is 7.89. The van der Waals surface area contributed by atoms with Gasteiger partial charge in [-0.05, 0) is 36.4 Å². The summed E-state index contributed by atoms with van der Waals surface area (Å²) in [4.78, 5) is 25.7. The van der Waals surface area contributed by atoms with Crippen LogP contribution in [0.2, 0.25) is 0 Å². The summed E-state index contributed by atoms with van der Waals surface area (Å²) in [6, 6.07) is 7.86. The molecule has 1 aromatic heterocycles. The fourth-order valence-electron chi connectivity index (χ4n) is 3.94. The summed E-state index contributed by atoms with van der Waals surface area (Å²) in [5.41, 5.74) is 0. The van der Waals surface area contributed by atoms with Crippen LogP contribution in [0, 0.1) is 5.92 Å². The van der Waals surface area contributed by atoms with Crippen LogP contribution in [-0.4, -0.2) is 58.0 Å². The highest BCUT2D eigenvalue weighted by atomic mass is 32.2. The number of hydrogen-bond donors (Lipinski definition) is 1. The number of nitrogens with one attached hydrogen (secondary N) is 1. The van der Waals surface area contributed by atoms with Gasteiger partial charge in [-0.25, -0.2) is 8.42 Å². The third kappa shape index (κ3) is 5.31. The molecule has 2 aliphatic rings. The maximum Gasteiger partial charge on any atom is 0.307 e. The molecule has 0 bridgehead atoms. The summed E-state index contributed by atoms with van der Waals surface area (Å²) >= 11 is 1.45. The monoisotopic (exact) mass is 494 g/mol. The van der Waals surface area contributed by atoms with E-state index in [0.29, 0.717) is 37.6 Å². The number of ether oxygens (including phenoxy) is 3. The number of nitrogens with zero attached hydrogens (tertiary/aromatic N) is 1. The number of hydrogen-bond acceptors (Lipinski definition) is 8. The van der Waals surface area contributed by atoms with E-state index >= 15 is 0 Å². The predicted molar refractivity (Wildman–Crippen MR) is 121 cm³/mol. The normalized spacial score (nSPS) is 17.8. The number of piperidine rings is 1. The number of carbonyl (C=O) groups excluding carboxylic acids is 2. The zero-order valence-corrected chi connectivity index (χ0v) is 19.8. The number of methoxy groups -OCH3 is 1. The molecule has 3 heterocycles. The van der Waals surface area contributed by atoms with Gasteiger partial charge in [0.05, 0.1) is 24.5 Å². The molecule has 4 rings (SSSR count). The molecule has 1 N–H and O–H groups in total. The second-order valence-electron chi connectivity index (χ2n) is 7.84. The zero-order chi connectivity index (χ0) is 23.4. The minimum atomic E-state index is -3.72. The van der Waals surface area contributed by atoms with Crippen LogP contribution in [0.25, 0.3) is 0 Å². The van der Waals surface area contributed by atoms with E-state index in [9.17, 15) is 18.0 Å². The second-order valence-corrected chi connectivity index (χ2v) is 10.8. The Morgan fingerprint density at radius 3 is 2.58 bits per heavy atom. The van der Waals surface area contributed by atoms with E-state index in [2.05, 4.69) is 5.32 Å². The molecule has 178 valence electrons. The largest absolute Gasteiger partial charge is 0.486 e. The summed E-state index contributed by atoms with van der Waals surface area (Å²) in [5.74, 6) is 0.0178. The van der Waals surface area contributed by atoms with Crippen LogP contribution in [0.1, 0.15) is 30.2 Å². The number of fused-ring (bicyclic) bond motifs is 1. The molecule has 0 spiro atoms. The lowest BCUT2D eigenvalue weighted by Crippen LogP contribution is -2.43. The maximum absolute atomic E-state index is 13.1. The number of benzene rings is 1. The van der Waals surface area contributed by atoms with Crippen LogP contribution in [0.3, 0.4) is 0 Å². The summed E-state index contributed by atoms with van der Waals surface area (Å²) in [6.45, 7) is 1.27. The van der Waals surface area contributed by atoms with Crippen molar-refractivity contribution in [1.29, 1.82) is 0 Å². The molecule has 1 amide bonds. The van der Waals surface area contributed by atoms with Crippen molar-refractivity contribution in [3.8, 4) is 11.5 Å². The van der Waals surface area contributed by atoms with Gasteiger partial charge in [0.2, 0.25) is 15.9 Å². The number of amides is 1. The number of rotatable bonds is 7. The first-order valence-corrected chi connectivity index (χ1v) is 13.0. The lowest BCUT2D eigenvalue weighted by molar-refractivity contribution is -0.141. The number of sulfonamides is 1. The molecule has 11 heteroatoms. The van der Waals surface area contributed by atoms with Crippen molar-refractivity contribution in [1.82, 2.24) is 9.62 Å². The molecule has 0 saturated carbocycles. The highest BCUT2D eigenvalue weighted by Gasteiger charge is 2.34. The van der Waals surface area contributed by atoms with Crippen LogP contribution in [-0.2, 0) is 24.3 Å². The number of carbonyl (C=O) groups is 2. The average Bonchev–Trinajstić information content (AvgIpc) is 3.38. The summed E-state index contributed by atoms with van der Waals surface area (Å²) in [6.07, 6.45) is 0.829. The highest BCUT2D eigenvalue weighted by Crippen LogP contribution is 2.34. The smallest absolute Gasteiger partial charge is 0.307 e. The van der Waals surface area contributed by atoms with Gasteiger partial charge in [0.15, 0.2) is 11.5 Å². The molecule has 1 aromatic carbocycles. The Hall–Kier alpha value is -2.63. The van der Waals surface area contributed by atoms with Gasteiger partial charge < -0.3 is 19.5 Å². The molecule has 1 atom stereocenters. The molecule has 9 nitrogen and oxygen atoms in total. The SMILES string of the molecule is COC(=O)CC(NC(=O)C1CCN(S(=O)(=O)c2ccc3c(c2)OCCO3)CC1)c1cccs1. The molecule has 33 heavy (non-hydrogen) atoms. The Kier molecular flexibility index (Phi) is 7.20. The van der Waals surface area contributed by atoms with Crippen LogP contribution in [0.5, 0.6) is 11.5 Å². The average molecular weight is 495 g/mol. The Balaban J connectivity index is 1.38. The van der Waals surface area contributed by atoms with Crippen LogP contribution >= 0.6 is 11.3 Å². The quantitative estimate of drug-likeness (QED) is 0.588. The van der Waals surface area contributed by atoms with E-state index in [1.807, 2.05) is 17.5 Å². The Morgan fingerprint density at radius 2 is 1.91 bits per heavy atom. The third-order valence-electron chi connectivity index (χ3n) is 5.78. The molecule has 1 unspecified atom stereocenters. The predicted octanol–water partition coefficient (Wildman–Crippen LogP) is 2.34. The van der Waals surface area contributed by atoms with E-state index < -0.39 is 22.0 Å². The fraction of sp³-hybridized carbons (Fsp3) is 0.455. The third-order valence-corrected chi connectivity index (χ3v) is 8.66. The first-order valence-electron chi connectivity index (χ1n) is 10.7. The molecule has 0 aliphatic carbocycles. The van der Waals surface area contributed by atoms with E-state index in [0.717, 1.165) is 4.88 Å². The van der Waals surface area contributed by atoms with Crippen molar-refractivity contribution in [3.63, 3.8) is 0 Å². The van der Waals surface area contributed by atoms with E-state index in [1.165, 1.54) is 34.9 Å². The van der Waals surface area contributed by atoms with E-state index in [1.54, 1.807) is 6.07 Å². The Bertz CT molecular complexity index is 1090. The van der Waals surface area contributed by atoms with Crippen LogP contribution in [0.4, 0.5) is 0 Å². The van der Waals surface area contributed by atoms with Crippen LogP contribution in [0.15, 0.2) is 40.6 Å². The fourth-order valence-corrected chi connectivity index (χ4v) is 6.21. The minimum absolute atomic E-state index is 0.0418. The van der Waals surface area contributed by atoms with Gasteiger partial charge in [0.25, 0.3) is 0 Å². The Labute approximate surface area is 196 Å². The molecule has 0 radical (unpaired) electrons. The van der Waals surface area contributed by atoms with Gasteiger partial charge >= 0.3 is 5.97 Å². The summed E-state index contributed by atoms with van der Waals surface area (Å²) in [5, 5.41) is 4.83. The van der Waals surface area contributed by atoms with Crippen LogP contribution < -0.4 is 14.8 Å². The lowest BCUT2D eigenvalue weighted by atomic mass is 9.96. The van der Waals surface area contributed by atoms with Crippen molar-refractivity contribution in [3.05, 3.63) is 40.6 Å². The first kappa shape index (κ1) is 23.5. The minimum Gasteiger partial charge on any atom is -0.486 e. The van der Waals surface area contributed by atoms with Gasteiger partial charge in [-0.15, -0.1) is 11.3 Å². The molecule has 2 aromatic rings. The van der Waals surface area contributed by atoms with Crippen molar-refractivity contribution in [2.45, 2.75) is 30.2 Å². The first-order chi connectivity index (χ1) is 15.9. The molecular weight excluding hydrogens is 468 g/mol. The maximum atomic E-state index is 13.1. The summed E-state index contributed by atoms with van der Waals surface area (Å²) < 4.78 is 43.4. The number of esters is 1. The molecule has 1 saturated heterocycles. The van der Waals surface area contributed by atoms with Crippen molar-refractivity contribution < 1.29 is 32.2 Å². The number of thiophene rings is 1. The standard InChI is InChI=1S/C22H26N2O7S2/c1-29-21(25)14-17(20-3-2-12-32-20)23-22(26)15-6-8-24(9-7-15)33(27,28)16-4-5-18-19(13-16)31-11-10-30-18/h2-5,12-13,15,17H,6-11,14H2,1H3,(H,23,26). The Morgan fingerprint density at radius 1 is 1.18 bits per heavy atom. The van der Waals surface area contributed by atoms with Crippen molar-refractivity contribution in [2.24, 2.45) is 5.92 Å². The van der Waals surface area contributed by atoms with Gasteiger partial charge in [0.1, 0.15) is 13.2 Å². The van der Waals surface area contributed by atoms with Crippen molar-refractivity contribution in [2.75, 3.05) is 33.4 Å². The van der Waals surface area contributed by atoms with E-state index in [4.69, 9.17) is 14.2 Å². The van der Waals surface area contributed by atoms with Gasteiger partial charge in [-0.1, -0.05) is 6.07 Å². The van der Waals surface area contributed by atoms with Gasteiger partial charge in [-0.3, -0.25) is 9.59 Å². The topological polar surface area (TPSA) is 111 Å². The molecular formula is C22H26N2O7S2.